The molecule has 2 aromatic carbocycles. The van der Waals surface area contributed by atoms with Gasteiger partial charge in [-0.1, -0.05) is 47.2 Å². The summed E-state index contributed by atoms with van der Waals surface area (Å²) in [6, 6.07) is 20.0. The summed E-state index contributed by atoms with van der Waals surface area (Å²) in [5.41, 5.74) is 6.51. The topological polar surface area (TPSA) is 78.0 Å². The van der Waals surface area contributed by atoms with E-state index in [9.17, 15) is 4.79 Å². The molecule has 170 valence electrons. The van der Waals surface area contributed by atoms with Gasteiger partial charge in [0.05, 0.1) is 10.2 Å². The highest BCUT2D eigenvalue weighted by molar-refractivity contribution is 7.15. The lowest BCUT2D eigenvalue weighted by atomic mass is 10.0. The fourth-order valence-corrected chi connectivity index (χ4v) is 4.90. The Morgan fingerprint density at radius 3 is 2.60 bits per heavy atom. The Labute approximate surface area is 204 Å². The quantitative estimate of drug-likeness (QED) is 0.381. The van der Waals surface area contributed by atoms with E-state index in [0.29, 0.717) is 15.3 Å². The Balaban J connectivity index is 1.52. The Bertz CT molecular complexity index is 1780. The highest BCUT2D eigenvalue weighted by atomic mass is 32.1. The number of rotatable bonds is 4. The molecule has 0 saturated heterocycles. The first-order valence-electron chi connectivity index (χ1n) is 11.1. The fraction of sp³-hybridized carbons (Fsp3) is 0.0741. The van der Waals surface area contributed by atoms with E-state index in [1.165, 1.54) is 15.9 Å². The predicted molar refractivity (Wildman–Crippen MR) is 138 cm³/mol. The molecule has 0 aliphatic carbocycles. The largest absolute Gasteiger partial charge is 0.291 e. The van der Waals surface area contributed by atoms with Gasteiger partial charge < -0.3 is 0 Å². The third-order valence-corrected chi connectivity index (χ3v) is 6.76. The fourth-order valence-electron chi connectivity index (χ4n) is 4.00. The number of nitrogens with zero attached hydrogens (tertiary/aromatic N) is 6. The highest BCUT2D eigenvalue weighted by Crippen LogP contribution is 2.28. The highest BCUT2D eigenvalue weighted by Gasteiger charge is 2.16. The molecule has 6 aromatic rings. The smallest absolute Gasteiger partial charge is 0.266 e. The molecule has 0 amide bonds. The lowest BCUT2D eigenvalue weighted by Gasteiger charge is -2.05. The minimum Gasteiger partial charge on any atom is -0.266 e. The number of thiazole rings is 1. The van der Waals surface area contributed by atoms with Gasteiger partial charge >= 0.3 is 0 Å². The zero-order valence-corrected chi connectivity index (χ0v) is 19.9. The molecule has 4 heterocycles. The van der Waals surface area contributed by atoms with Gasteiger partial charge in [-0.2, -0.15) is 14.6 Å². The van der Waals surface area contributed by atoms with E-state index >= 15 is 0 Å². The monoisotopic (exact) mass is 476 g/mol. The second kappa shape index (κ2) is 8.41. The van der Waals surface area contributed by atoms with Crippen LogP contribution in [0.15, 0.2) is 84.0 Å². The van der Waals surface area contributed by atoms with Crippen LogP contribution in [-0.2, 0) is 0 Å². The summed E-state index contributed by atoms with van der Waals surface area (Å²) in [7, 11) is 0. The first-order chi connectivity index (χ1) is 17.1. The Morgan fingerprint density at radius 1 is 0.971 bits per heavy atom. The van der Waals surface area contributed by atoms with Gasteiger partial charge in [0.25, 0.3) is 5.56 Å². The molecule has 0 saturated carbocycles. The van der Waals surface area contributed by atoms with Crippen LogP contribution in [-0.4, -0.2) is 29.4 Å². The van der Waals surface area contributed by atoms with Crippen molar-refractivity contribution in [2.45, 2.75) is 13.8 Å². The minimum absolute atomic E-state index is 0.202. The van der Waals surface area contributed by atoms with Crippen LogP contribution in [0.25, 0.3) is 39.4 Å². The van der Waals surface area contributed by atoms with Crippen LogP contribution in [0.3, 0.4) is 0 Å². The summed E-state index contributed by atoms with van der Waals surface area (Å²) < 4.78 is 3.76. The van der Waals surface area contributed by atoms with Crippen LogP contribution in [0.5, 0.6) is 0 Å². The molecular formula is C27H20N6OS. The van der Waals surface area contributed by atoms with Crippen molar-refractivity contribution in [3.05, 3.63) is 111 Å². The first-order valence-corrected chi connectivity index (χ1v) is 11.9. The maximum Gasteiger partial charge on any atom is 0.291 e. The number of aromatic nitrogens is 6. The molecule has 7 nitrogen and oxygen atoms in total. The molecule has 0 N–H and O–H groups in total. The van der Waals surface area contributed by atoms with Crippen LogP contribution in [0.1, 0.15) is 16.7 Å². The van der Waals surface area contributed by atoms with Gasteiger partial charge in [0.1, 0.15) is 5.69 Å². The van der Waals surface area contributed by atoms with E-state index in [0.717, 1.165) is 39.2 Å². The number of benzene rings is 2. The number of hydrogen-bond acceptors (Lipinski definition) is 6. The summed E-state index contributed by atoms with van der Waals surface area (Å²) in [4.78, 5) is 22.4. The molecule has 0 aliphatic heterocycles. The van der Waals surface area contributed by atoms with E-state index in [-0.39, 0.29) is 5.56 Å². The maximum atomic E-state index is 13.2. The van der Waals surface area contributed by atoms with Crippen molar-refractivity contribution in [3.63, 3.8) is 0 Å². The molecule has 6 rings (SSSR count). The van der Waals surface area contributed by atoms with E-state index in [1.807, 2.05) is 59.4 Å². The van der Waals surface area contributed by atoms with Gasteiger partial charge in [-0.25, -0.2) is 4.68 Å². The molecule has 0 bridgehead atoms. The van der Waals surface area contributed by atoms with Crippen molar-refractivity contribution in [2.24, 2.45) is 0 Å². The Morgan fingerprint density at radius 2 is 1.83 bits per heavy atom. The molecule has 35 heavy (non-hydrogen) atoms. The van der Waals surface area contributed by atoms with Crippen molar-refractivity contribution in [1.82, 2.24) is 29.4 Å². The molecule has 0 radical (unpaired) electrons. The van der Waals surface area contributed by atoms with Gasteiger partial charge in [0.2, 0.25) is 4.96 Å². The number of para-hydroxylation sites is 1. The SMILES string of the molecule is Cc1ccc(C)c(-c2nn(-c3ccccc3)cc2/C=c2\sc3nc(-c4cccnc4)nn3c2=O)c1. The lowest BCUT2D eigenvalue weighted by molar-refractivity contribution is 0.884. The average molecular weight is 477 g/mol. The summed E-state index contributed by atoms with van der Waals surface area (Å²) in [6.45, 7) is 4.14. The standard InChI is InChI=1S/C27H20N6OS/c1-17-10-11-18(2)22(13-17)24-20(16-32(30-24)21-8-4-3-5-9-21)14-23-26(34)33-27(35-23)29-25(31-33)19-7-6-12-28-15-19/h3-16H,1-2H3/b23-14-. The summed E-state index contributed by atoms with van der Waals surface area (Å²) >= 11 is 1.31. The molecule has 0 atom stereocenters. The second-order valence-electron chi connectivity index (χ2n) is 8.32. The van der Waals surface area contributed by atoms with Crippen LogP contribution >= 0.6 is 11.3 Å². The second-order valence-corrected chi connectivity index (χ2v) is 9.33. The van der Waals surface area contributed by atoms with Gasteiger partial charge in [-0.3, -0.25) is 9.78 Å². The summed E-state index contributed by atoms with van der Waals surface area (Å²) in [5, 5.41) is 9.34. The molecule has 0 fully saturated rings. The lowest BCUT2D eigenvalue weighted by Crippen LogP contribution is -2.23. The molecular weight excluding hydrogens is 456 g/mol. The summed E-state index contributed by atoms with van der Waals surface area (Å²) in [6.07, 6.45) is 7.22. The zero-order chi connectivity index (χ0) is 23.9. The predicted octanol–water partition coefficient (Wildman–Crippen LogP) is 4.23. The van der Waals surface area contributed by atoms with Crippen LogP contribution < -0.4 is 10.1 Å². The molecule has 4 aromatic heterocycles. The van der Waals surface area contributed by atoms with Crippen molar-refractivity contribution >= 4 is 22.4 Å². The van der Waals surface area contributed by atoms with E-state index in [1.54, 1.807) is 12.4 Å². The maximum absolute atomic E-state index is 13.2. The minimum atomic E-state index is -0.202. The molecule has 8 heteroatoms. The summed E-state index contributed by atoms with van der Waals surface area (Å²) in [5.74, 6) is 0.487. The van der Waals surface area contributed by atoms with Gasteiger partial charge in [0, 0.05) is 35.3 Å². The molecule has 0 aliphatic rings. The third-order valence-electron chi connectivity index (χ3n) is 5.80. The number of aryl methyl sites for hydroxylation is 2. The Kier molecular flexibility index (Phi) is 5.08. The normalized spacial score (nSPS) is 12.0. The molecule has 0 unspecified atom stereocenters. The zero-order valence-electron chi connectivity index (χ0n) is 19.1. The van der Waals surface area contributed by atoms with Crippen molar-refractivity contribution in [3.8, 4) is 28.3 Å². The van der Waals surface area contributed by atoms with Crippen molar-refractivity contribution in [1.29, 1.82) is 0 Å². The van der Waals surface area contributed by atoms with E-state index in [4.69, 9.17) is 5.10 Å². The van der Waals surface area contributed by atoms with Crippen LogP contribution in [0.2, 0.25) is 0 Å². The van der Waals surface area contributed by atoms with E-state index < -0.39 is 0 Å². The van der Waals surface area contributed by atoms with Gasteiger partial charge in [-0.05, 0) is 55.8 Å². The van der Waals surface area contributed by atoms with Crippen LogP contribution in [0, 0.1) is 13.8 Å². The average Bonchev–Trinajstić information content (AvgIpc) is 3.57. The third kappa shape index (κ3) is 3.83. The van der Waals surface area contributed by atoms with Gasteiger partial charge in [0.15, 0.2) is 5.82 Å². The van der Waals surface area contributed by atoms with Gasteiger partial charge in [-0.15, -0.1) is 5.10 Å². The van der Waals surface area contributed by atoms with E-state index in [2.05, 4.69) is 47.1 Å². The number of hydrogen-bond donors (Lipinski definition) is 0. The first kappa shape index (κ1) is 21.1. The van der Waals surface area contributed by atoms with Crippen molar-refractivity contribution in [2.75, 3.05) is 0 Å². The van der Waals surface area contributed by atoms with Crippen LogP contribution in [0.4, 0.5) is 0 Å². The molecule has 0 spiro atoms. The number of pyridine rings is 1. The van der Waals surface area contributed by atoms with Crippen molar-refractivity contribution < 1.29 is 0 Å². The number of fused-ring (bicyclic) bond motifs is 1. The Hall–Kier alpha value is -4.43.